The van der Waals surface area contributed by atoms with Crippen LogP contribution in [0.4, 0.5) is 0 Å². The Labute approximate surface area is 126 Å². The molecule has 4 heteroatoms. The third-order valence-electron chi connectivity index (χ3n) is 3.72. The first kappa shape index (κ1) is 15.7. The van der Waals surface area contributed by atoms with E-state index in [1.165, 1.54) is 6.08 Å². The lowest BCUT2D eigenvalue weighted by Gasteiger charge is -2.32. The largest absolute Gasteiger partial charge is 0.478 e. The van der Waals surface area contributed by atoms with E-state index in [1.807, 2.05) is 25.1 Å². The molecule has 1 aliphatic rings. The Kier molecular flexibility index (Phi) is 5.96. The smallest absolute Gasteiger partial charge is 0.328 e. The predicted octanol–water partition coefficient (Wildman–Crippen LogP) is 2.79. The van der Waals surface area contributed by atoms with E-state index in [1.54, 1.807) is 6.08 Å². The summed E-state index contributed by atoms with van der Waals surface area (Å²) in [5.41, 5.74) is 2.13. The van der Waals surface area contributed by atoms with E-state index in [9.17, 15) is 4.79 Å². The number of hydrogen-bond donors (Lipinski definition) is 1. The first-order valence-corrected chi connectivity index (χ1v) is 7.52. The van der Waals surface area contributed by atoms with Gasteiger partial charge in [-0.05, 0) is 43.5 Å². The zero-order valence-electron chi connectivity index (χ0n) is 12.5. The average molecular weight is 289 g/mol. The van der Waals surface area contributed by atoms with Crippen molar-refractivity contribution in [2.24, 2.45) is 0 Å². The third-order valence-corrected chi connectivity index (χ3v) is 3.72. The molecule has 21 heavy (non-hydrogen) atoms. The van der Waals surface area contributed by atoms with Gasteiger partial charge in [-0.2, -0.15) is 0 Å². The lowest BCUT2D eigenvalue weighted by molar-refractivity contribution is -0.131. The molecule has 1 aromatic carbocycles. The summed E-state index contributed by atoms with van der Waals surface area (Å²) in [6, 6.07) is 7.95. The molecule has 114 valence electrons. The number of benzene rings is 1. The van der Waals surface area contributed by atoms with Crippen molar-refractivity contribution in [1.82, 2.24) is 4.90 Å². The van der Waals surface area contributed by atoms with Crippen LogP contribution in [0.3, 0.4) is 0 Å². The van der Waals surface area contributed by atoms with Crippen LogP contribution in [-0.4, -0.2) is 41.8 Å². The highest BCUT2D eigenvalue weighted by atomic mass is 16.5. The summed E-state index contributed by atoms with van der Waals surface area (Å²) in [5.74, 6) is -0.917. The second-order valence-corrected chi connectivity index (χ2v) is 5.33. The average Bonchev–Trinajstić information content (AvgIpc) is 2.47. The van der Waals surface area contributed by atoms with Crippen molar-refractivity contribution in [3.05, 3.63) is 41.5 Å². The topological polar surface area (TPSA) is 49.8 Å². The van der Waals surface area contributed by atoms with Crippen LogP contribution in [0.25, 0.3) is 6.08 Å². The fraction of sp³-hybridized carbons (Fsp3) is 0.471. The molecule has 1 N–H and O–H groups in total. The number of aliphatic carboxylic acids is 1. The van der Waals surface area contributed by atoms with Crippen LogP contribution in [-0.2, 0) is 16.1 Å². The van der Waals surface area contributed by atoms with E-state index in [4.69, 9.17) is 9.84 Å². The molecule has 0 bridgehead atoms. The van der Waals surface area contributed by atoms with Crippen molar-refractivity contribution in [2.75, 3.05) is 19.7 Å². The second kappa shape index (κ2) is 7.96. The SMILES string of the molecule is CCOC1CCCN(Cc2ccccc2C=CC(=O)O)C1. The van der Waals surface area contributed by atoms with Gasteiger partial charge in [0.2, 0.25) is 0 Å². The Morgan fingerprint density at radius 1 is 1.48 bits per heavy atom. The fourth-order valence-corrected chi connectivity index (χ4v) is 2.77. The van der Waals surface area contributed by atoms with Gasteiger partial charge in [-0.3, -0.25) is 4.90 Å². The second-order valence-electron chi connectivity index (χ2n) is 5.33. The minimum absolute atomic E-state index is 0.325. The van der Waals surface area contributed by atoms with Gasteiger partial charge in [-0.15, -0.1) is 0 Å². The first-order chi connectivity index (χ1) is 10.2. The number of hydrogen-bond acceptors (Lipinski definition) is 3. The highest BCUT2D eigenvalue weighted by molar-refractivity contribution is 5.85. The van der Waals surface area contributed by atoms with Gasteiger partial charge in [0.15, 0.2) is 0 Å². The Bertz CT molecular complexity index is 497. The monoisotopic (exact) mass is 289 g/mol. The van der Waals surface area contributed by atoms with E-state index in [0.29, 0.717) is 6.10 Å². The molecular weight excluding hydrogens is 266 g/mol. The van der Waals surface area contributed by atoms with Crippen molar-refractivity contribution < 1.29 is 14.6 Å². The van der Waals surface area contributed by atoms with Crippen molar-refractivity contribution >= 4 is 12.0 Å². The van der Waals surface area contributed by atoms with E-state index < -0.39 is 5.97 Å². The minimum atomic E-state index is -0.917. The molecule has 4 nitrogen and oxygen atoms in total. The van der Waals surface area contributed by atoms with Crippen molar-refractivity contribution in [1.29, 1.82) is 0 Å². The number of nitrogens with zero attached hydrogens (tertiary/aromatic N) is 1. The Balaban J connectivity index is 2.03. The maximum atomic E-state index is 10.7. The molecule has 1 heterocycles. The van der Waals surface area contributed by atoms with Crippen LogP contribution >= 0.6 is 0 Å². The summed E-state index contributed by atoms with van der Waals surface area (Å²) in [5, 5.41) is 8.77. The van der Waals surface area contributed by atoms with Crippen molar-refractivity contribution in [3.8, 4) is 0 Å². The van der Waals surface area contributed by atoms with Crippen molar-refractivity contribution in [2.45, 2.75) is 32.4 Å². The van der Waals surface area contributed by atoms with Crippen LogP contribution < -0.4 is 0 Å². The number of ether oxygens (including phenoxy) is 1. The quantitative estimate of drug-likeness (QED) is 0.818. The lowest BCUT2D eigenvalue weighted by atomic mass is 10.0. The van der Waals surface area contributed by atoms with Crippen LogP contribution in [0.5, 0.6) is 0 Å². The standard InChI is InChI=1S/C17H23NO3/c1-2-21-16-8-5-11-18(13-16)12-15-7-4-3-6-14(15)9-10-17(19)20/h3-4,6-7,9-10,16H,2,5,8,11-13H2,1H3,(H,19,20). The van der Waals surface area contributed by atoms with Crippen molar-refractivity contribution in [3.63, 3.8) is 0 Å². The predicted molar refractivity (Wildman–Crippen MR) is 83.0 cm³/mol. The molecule has 0 amide bonds. The van der Waals surface area contributed by atoms with Gasteiger partial charge < -0.3 is 9.84 Å². The number of carboxylic acids is 1. The van der Waals surface area contributed by atoms with E-state index in [0.717, 1.165) is 50.2 Å². The third kappa shape index (κ3) is 4.99. The molecular formula is C17H23NO3. The van der Waals surface area contributed by atoms with E-state index in [2.05, 4.69) is 11.0 Å². The fourth-order valence-electron chi connectivity index (χ4n) is 2.77. The molecule has 0 saturated carbocycles. The zero-order valence-corrected chi connectivity index (χ0v) is 12.5. The zero-order chi connectivity index (χ0) is 15.1. The summed E-state index contributed by atoms with van der Waals surface area (Å²) in [6.07, 6.45) is 5.47. The van der Waals surface area contributed by atoms with E-state index >= 15 is 0 Å². The molecule has 1 atom stereocenters. The summed E-state index contributed by atoms with van der Waals surface area (Å²) >= 11 is 0. The molecule has 1 fully saturated rings. The molecule has 1 aromatic rings. The number of rotatable bonds is 6. The summed E-state index contributed by atoms with van der Waals surface area (Å²) in [4.78, 5) is 13.1. The van der Waals surface area contributed by atoms with Gasteiger partial charge in [0.25, 0.3) is 0 Å². The number of piperidine rings is 1. The molecule has 0 aromatic heterocycles. The summed E-state index contributed by atoms with van der Waals surface area (Å²) in [6.45, 7) is 5.65. The number of carbonyl (C=O) groups is 1. The summed E-state index contributed by atoms with van der Waals surface area (Å²) < 4.78 is 5.73. The van der Waals surface area contributed by atoms with Gasteiger partial charge in [0, 0.05) is 25.8 Å². The number of carboxylic acid groups (broad SMARTS) is 1. The van der Waals surface area contributed by atoms with Gasteiger partial charge in [-0.1, -0.05) is 24.3 Å². The van der Waals surface area contributed by atoms with Crippen LogP contribution in [0.2, 0.25) is 0 Å². The normalized spacial score (nSPS) is 20.0. The molecule has 1 unspecified atom stereocenters. The minimum Gasteiger partial charge on any atom is -0.478 e. The first-order valence-electron chi connectivity index (χ1n) is 7.52. The maximum absolute atomic E-state index is 10.7. The molecule has 1 saturated heterocycles. The molecule has 0 radical (unpaired) electrons. The maximum Gasteiger partial charge on any atom is 0.328 e. The van der Waals surface area contributed by atoms with Gasteiger partial charge in [0.1, 0.15) is 0 Å². The van der Waals surface area contributed by atoms with Crippen LogP contribution in [0.15, 0.2) is 30.3 Å². The Morgan fingerprint density at radius 3 is 3.05 bits per heavy atom. The number of likely N-dealkylation sites (tertiary alicyclic amines) is 1. The Morgan fingerprint density at radius 2 is 2.29 bits per heavy atom. The molecule has 2 rings (SSSR count). The van der Waals surface area contributed by atoms with Gasteiger partial charge in [0.05, 0.1) is 6.10 Å². The molecule has 0 aliphatic carbocycles. The molecule has 1 aliphatic heterocycles. The van der Waals surface area contributed by atoms with Gasteiger partial charge in [-0.25, -0.2) is 4.79 Å². The van der Waals surface area contributed by atoms with Gasteiger partial charge >= 0.3 is 5.97 Å². The highest BCUT2D eigenvalue weighted by Gasteiger charge is 2.20. The summed E-state index contributed by atoms with van der Waals surface area (Å²) in [7, 11) is 0. The van der Waals surface area contributed by atoms with Crippen LogP contribution in [0, 0.1) is 0 Å². The lowest BCUT2D eigenvalue weighted by Crippen LogP contribution is -2.39. The molecule has 0 spiro atoms. The Hall–Kier alpha value is -1.65. The van der Waals surface area contributed by atoms with Crippen LogP contribution in [0.1, 0.15) is 30.9 Å². The highest BCUT2D eigenvalue weighted by Crippen LogP contribution is 2.18. The van der Waals surface area contributed by atoms with E-state index in [-0.39, 0.29) is 0 Å².